The lowest BCUT2D eigenvalue weighted by Crippen LogP contribution is -2.21. The van der Waals surface area contributed by atoms with Crippen molar-refractivity contribution in [2.24, 2.45) is 0 Å². The molecule has 0 atom stereocenters. The second kappa shape index (κ2) is 6.47. The van der Waals surface area contributed by atoms with Gasteiger partial charge in [0, 0.05) is 21.9 Å². The molecule has 0 aliphatic heterocycles. The lowest BCUT2D eigenvalue weighted by Gasteiger charge is -2.09. The molecule has 1 aromatic carbocycles. The quantitative estimate of drug-likeness (QED) is 0.932. The monoisotopic (exact) mass is 335 g/mol. The lowest BCUT2D eigenvalue weighted by molar-refractivity contribution is -0.118. The first-order chi connectivity index (χ1) is 9.54. The maximum Gasteiger partial charge on any atom is 0.262 e. The molecule has 0 aliphatic carbocycles. The summed E-state index contributed by atoms with van der Waals surface area (Å²) in [4.78, 5) is 19.7. The second-order valence-corrected chi connectivity index (χ2v) is 5.21. The van der Waals surface area contributed by atoms with Crippen LogP contribution in [0.25, 0.3) is 0 Å². The summed E-state index contributed by atoms with van der Waals surface area (Å²) in [6.45, 7) is 3.67. The molecule has 2 rings (SSSR count). The van der Waals surface area contributed by atoms with E-state index in [0.717, 1.165) is 21.4 Å². The Balaban J connectivity index is 1.92. The highest BCUT2D eigenvalue weighted by Crippen LogP contribution is 2.19. The highest BCUT2D eigenvalue weighted by atomic mass is 79.9. The first-order valence-corrected chi connectivity index (χ1v) is 6.81. The average Bonchev–Trinajstić information content (AvgIpc) is 2.40. The molecule has 1 aromatic heterocycles. The van der Waals surface area contributed by atoms with Gasteiger partial charge in [0.05, 0.1) is 0 Å². The number of halogens is 1. The third-order valence-electron chi connectivity index (χ3n) is 2.59. The molecule has 0 unspecified atom stereocenters. The van der Waals surface area contributed by atoms with E-state index in [1.54, 1.807) is 6.07 Å². The number of rotatable bonds is 4. The first kappa shape index (κ1) is 14.5. The molecule has 0 saturated heterocycles. The molecule has 20 heavy (non-hydrogen) atoms. The number of anilines is 1. The minimum absolute atomic E-state index is 0.0913. The van der Waals surface area contributed by atoms with E-state index >= 15 is 0 Å². The minimum Gasteiger partial charge on any atom is -0.467 e. The van der Waals surface area contributed by atoms with Crippen LogP contribution in [0.3, 0.4) is 0 Å². The summed E-state index contributed by atoms with van der Waals surface area (Å²) in [6.07, 6.45) is 1.40. The predicted molar refractivity (Wildman–Crippen MR) is 79.8 cm³/mol. The van der Waals surface area contributed by atoms with Gasteiger partial charge in [-0.2, -0.15) is 0 Å². The summed E-state index contributed by atoms with van der Waals surface area (Å²) in [5.74, 6) is 0.159. The van der Waals surface area contributed by atoms with E-state index in [9.17, 15) is 4.79 Å². The van der Waals surface area contributed by atoms with Gasteiger partial charge in [-0.3, -0.25) is 4.79 Å². The van der Waals surface area contributed by atoms with Gasteiger partial charge < -0.3 is 10.1 Å². The van der Waals surface area contributed by atoms with Crippen molar-refractivity contribution in [1.82, 2.24) is 9.97 Å². The molecule has 1 heterocycles. The van der Waals surface area contributed by atoms with Crippen LogP contribution in [0.5, 0.6) is 5.88 Å². The SMILES string of the molecule is Cc1cc(OCC(=O)Nc2ccc(Br)cc2C)ncn1. The lowest BCUT2D eigenvalue weighted by atomic mass is 10.2. The van der Waals surface area contributed by atoms with Crippen LogP contribution in [0, 0.1) is 13.8 Å². The molecule has 104 valence electrons. The fourth-order valence-electron chi connectivity index (χ4n) is 1.60. The van der Waals surface area contributed by atoms with Crippen molar-refractivity contribution in [1.29, 1.82) is 0 Å². The van der Waals surface area contributed by atoms with Crippen LogP contribution in [-0.4, -0.2) is 22.5 Å². The topological polar surface area (TPSA) is 64.1 Å². The summed E-state index contributed by atoms with van der Waals surface area (Å²) >= 11 is 3.38. The van der Waals surface area contributed by atoms with E-state index in [1.807, 2.05) is 32.0 Å². The van der Waals surface area contributed by atoms with E-state index in [4.69, 9.17) is 4.74 Å². The average molecular weight is 336 g/mol. The van der Waals surface area contributed by atoms with Crippen molar-refractivity contribution in [2.75, 3.05) is 11.9 Å². The number of ether oxygens (including phenoxy) is 1. The van der Waals surface area contributed by atoms with Gasteiger partial charge in [0.1, 0.15) is 6.33 Å². The maximum absolute atomic E-state index is 11.8. The molecular weight excluding hydrogens is 322 g/mol. The normalized spacial score (nSPS) is 10.2. The number of carbonyl (C=O) groups is 1. The van der Waals surface area contributed by atoms with Crippen LogP contribution in [0.15, 0.2) is 35.1 Å². The van der Waals surface area contributed by atoms with Gasteiger partial charge in [0.25, 0.3) is 5.91 Å². The van der Waals surface area contributed by atoms with Crippen molar-refractivity contribution in [3.8, 4) is 5.88 Å². The zero-order valence-electron chi connectivity index (χ0n) is 11.2. The third kappa shape index (κ3) is 4.03. The van der Waals surface area contributed by atoms with Crippen LogP contribution in [0.4, 0.5) is 5.69 Å². The molecule has 0 spiro atoms. The number of nitrogens with one attached hydrogen (secondary N) is 1. The Morgan fingerprint density at radius 2 is 2.10 bits per heavy atom. The number of hydrogen-bond donors (Lipinski definition) is 1. The van der Waals surface area contributed by atoms with Crippen LogP contribution >= 0.6 is 15.9 Å². The molecule has 0 radical (unpaired) electrons. The molecule has 0 aliphatic rings. The van der Waals surface area contributed by atoms with Gasteiger partial charge in [-0.05, 0) is 37.6 Å². The van der Waals surface area contributed by atoms with Crippen LogP contribution < -0.4 is 10.1 Å². The number of aromatic nitrogens is 2. The van der Waals surface area contributed by atoms with Crippen LogP contribution in [0.2, 0.25) is 0 Å². The maximum atomic E-state index is 11.8. The number of hydrogen-bond acceptors (Lipinski definition) is 4. The number of amides is 1. The number of nitrogens with zero attached hydrogens (tertiary/aromatic N) is 2. The fraction of sp³-hybridized carbons (Fsp3) is 0.214. The smallest absolute Gasteiger partial charge is 0.262 e. The van der Waals surface area contributed by atoms with Gasteiger partial charge in [-0.15, -0.1) is 0 Å². The van der Waals surface area contributed by atoms with Gasteiger partial charge in [0.2, 0.25) is 5.88 Å². The molecule has 0 bridgehead atoms. The summed E-state index contributed by atoms with van der Waals surface area (Å²) in [5.41, 5.74) is 2.53. The Labute approximate surface area is 125 Å². The summed E-state index contributed by atoms with van der Waals surface area (Å²) in [6, 6.07) is 7.33. The Morgan fingerprint density at radius 3 is 2.80 bits per heavy atom. The standard InChI is InChI=1S/C14H14BrN3O2/c1-9-5-11(15)3-4-12(9)18-13(19)7-20-14-6-10(2)16-8-17-14/h3-6,8H,7H2,1-2H3,(H,18,19). The molecule has 1 amide bonds. The highest BCUT2D eigenvalue weighted by molar-refractivity contribution is 9.10. The van der Waals surface area contributed by atoms with Gasteiger partial charge in [-0.1, -0.05) is 15.9 Å². The van der Waals surface area contributed by atoms with E-state index < -0.39 is 0 Å². The third-order valence-corrected chi connectivity index (χ3v) is 3.09. The predicted octanol–water partition coefficient (Wildman–Crippen LogP) is 2.87. The molecule has 6 heteroatoms. The Hall–Kier alpha value is -1.95. The van der Waals surface area contributed by atoms with E-state index in [-0.39, 0.29) is 12.5 Å². The second-order valence-electron chi connectivity index (χ2n) is 4.29. The highest BCUT2D eigenvalue weighted by Gasteiger charge is 2.07. The Morgan fingerprint density at radius 1 is 1.30 bits per heavy atom. The van der Waals surface area contributed by atoms with Crippen LogP contribution in [0.1, 0.15) is 11.3 Å². The zero-order chi connectivity index (χ0) is 14.5. The Kier molecular flexibility index (Phi) is 4.68. The molecule has 2 aromatic rings. The fourth-order valence-corrected chi connectivity index (χ4v) is 2.08. The zero-order valence-corrected chi connectivity index (χ0v) is 12.8. The Bertz CT molecular complexity index is 632. The van der Waals surface area contributed by atoms with Crippen molar-refractivity contribution in [3.63, 3.8) is 0 Å². The molecular formula is C14H14BrN3O2. The summed E-state index contributed by atoms with van der Waals surface area (Å²) in [5, 5.41) is 2.79. The van der Waals surface area contributed by atoms with E-state index in [1.165, 1.54) is 6.33 Å². The van der Waals surface area contributed by atoms with Gasteiger partial charge in [0.15, 0.2) is 6.61 Å². The van der Waals surface area contributed by atoms with E-state index in [0.29, 0.717) is 5.88 Å². The van der Waals surface area contributed by atoms with Crippen molar-refractivity contribution < 1.29 is 9.53 Å². The number of carbonyl (C=O) groups excluding carboxylic acids is 1. The van der Waals surface area contributed by atoms with Crippen molar-refractivity contribution in [2.45, 2.75) is 13.8 Å². The van der Waals surface area contributed by atoms with Gasteiger partial charge in [-0.25, -0.2) is 9.97 Å². The van der Waals surface area contributed by atoms with Gasteiger partial charge >= 0.3 is 0 Å². The van der Waals surface area contributed by atoms with Crippen molar-refractivity contribution in [3.05, 3.63) is 46.3 Å². The first-order valence-electron chi connectivity index (χ1n) is 6.02. The molecule has 1 N–H and O–H groups in total. The van der Waals surface area contributed by atoms with Crippen LogP contribution in [-0.2, 0) is 4.79 Å². The number of aryl methyl sites for hydroxylation is 2. The number of benzene rings is 1. The molecule has 5 nitrogen and oxygen atoms in total. The summed E-state index contributed by atoms with van der Waals surface area (Å²) in [7, 11) is 0. The van der Waals surface area contributed by atoms with E-state index in [2.05, 4.69) is 31.2 Å². The largest absolute Gasteiger partial charge is 0.467 e. The molecule has 0 fully saturated rings. The van der Waals surface area contributed by atoms with Crippen molar-refractivity contribution >= 4 is 27.5 Å². The molecule has 0 saturated carbocycles. The minimum atomic E-state index is -0.230. The summed E-state index contributed by atoms with van der Waals surface area (Å²) < 4.78 is 6.28.